The summed E-state index contributed by atoms with van der Waals surface area (Å²) in [5, 5.41) is 4.94. The SMILES string of the molecule is C=C/C=C\C1=C(C)C(c2cccc(-c3ccc4ccccc4c3C)n2)(c2cccc(-c3ccc4ccccc4c3C)n2)c2ccccc2C=C1. The van der Waals surface area contributed by atoms with Gasteiger partial charge >= 0.3 is 0 Å². The maximum Gasteiger partial charge on any atom is 0.102 e. The molecule has 2 heteroatoms. The summed E-state index contributed by atoms with van der Waals surface area (Å²) in [4.78, 5) is 11.2. The molecule has 0 saturated carbocycles. The van der Waals surface area contributed by atoms with Crippen LogP contribution >= 0.6 is 0 Å². The Hall–Kier alpha value is -6.12. The van der Waals surface area contributed by atoms with Crippen LogP contribution in [-0.4, -0.2) is 9.97 Å². The Morgan fingerprint density at radius 3 is 1.66 bits per heavy atom. The molecular formula is C48H38N2. The zero-order valence-electron chi connectivity index (χ0n) is 28.7. The quantitative estimate of drug-likeness (QED) is 0.169. The van der Waals surface area contributed by atoms with Gasteiger partial charge in [-0.15, -0.1) is 0 Å². The van der Waals surface area contributed by atoms with E-state index < -0.39 is 5.41 Å². The topological polar surface area (TPSA) is 25.8 Å². The first-order valence-electron chi connectivity index (χ1n) is 17.2. The van der Waals surface area contributed by atoms with Crippen molar-refractivity contribution in [3.05, 3.63) is 209 Å². The number of allylic oxidation sites excluding steroid dienone is 6. The first-order chi connectivity index (χ1) is 24.5. The van der Waals surface area contributed by atoms with Gasteiger partial charge in [0.05, 0.1) is 22.8 Å². The van der Waals surface area contributed by atoms with E-state index in [-0.39, 0.29) is 0 Å². The number of rotatable bonds is 6. The normalized spacial score (nSPS) is 13.9. The number of nitrogens with zero attached hydrogens (tertiary/aromatic N) is 2. The molecule has 0 amide bonds. The van der Waals surface area contributed by atoms with E-state index in [4.69, 9.17) is 9.97 Å². The highest BCUT2D eigenvalue weighted by Crippen LogP contribution is 2.49. The molecule has 50 heavy (non-hydrogen) atoms. The van der Waals surface area contributed by atoms with Gasteiger partial charge in [0.15, 0.2) is 0 Å². The monoisotopic (exact) mass is 642 g/mol. The van der Waals surface area contributed by atoms with Crippen molar-refractivity contribution in [2.45, 2.75) is 26.2 Å². The van der Waals surface area contributed by atoms with Crippen molar-refractivity contribution in [1.82, 2.24) is 9.97 Å². The zero-order chi connectivity index (χ0) is 34.2. The van der Waals surface area contributed by atoms with Gasteiger partial charge in [-0.2, -0.15) is 0 Å². The van der Waals surface area contributed by atoms with E-state index in [1.807, 2.05) is 12.2 Å². The van der Waals surface area contributed by atoms with Gasteiger partial charge in [-0.1, -0.05) is 146 Å². The molecule has 7 aromatic rings. The fraction of sp³-hybridized carbons (Fsp3) is 0.0833. The summed E-state index contributed by atoms with van der Waals surface area (Å²) in [6, 6.07) is 47.6. The molecule has 240 valence electrons. The molecule has 0 unspecified atom stereocenters. The van der Waals surface area contributed by atoms with E-state index in [0.29, 0.717) is 0 Å². The predicted octanol–water partition coefficient (Wildman–Crippen LogP) is 12.2. The number of hydrogen-bond acceptors (Lipinski definition) is 2. The smallest absolute Gasteiger partial charge is 0.102 e. The lowest BCUT2D eigenvalue weighted by molar-refractivity contribution is 0.669. The molecule has 8 rings (SSSR count). The van der Waals surface area contributed by atoms with Crippen molar-refractivity contribution in [3.8, 4) is 22.5 Å². The average Bonchev–Trinajstić information content (AvgIpc) is 3.28. The lowest BCUT2D eigenvalue weighted by Crippen LogP contribution is -2.34. The Balaban J connectivity index is 1.44. The number of aromatic nitrogens is 2. The molecule has 2 aromatic heterocycles. The minimum Gasteiger partial charge on any atom is -0.251 e. The second kappa shape index (κ2) is 12.7. The second-order valence-electron chi connectivity index (χ2n) is 13.1. The highest BCUT2D eigenvalue weighted by molar-refractivity contribution is 5.92. The van der Waals surface area contributed by atoms with Crippen LogP contribution in [0.1, 0.15) is 40.6 Å². The van der Waals surface area contributed by atoms with Crippen LogP contribution in [0.15, 0.2) is 175 Å². The van der Waals surface area contributed by atoms with Crippen LogP contribution in [0, 0.1) is 13.8 Å². The lowest BCUT2D eigenvalue weighted by Gasteiger charge is -2.37. The van der Waals surface area contributed by atoms with Crippen molar-refractivity contribution >= 4 is 27.6 Å². The summed E-state index contributed by atoms with van der Waals surface area (Å²) in [5.41, 5.74) is 12.2. The predicted molar refractivity (Wildman–Crippen MR) is 211 cm³/mol. The summed E-state index contributed by atoms with van der Waals surface area (Å²) in [6.07, 6.45) is 10.4. The van der Waals surface area contributed by atoms with E-state index >= 15 is 0 Å². The standard InChI is InChI=1S/C48H38N2/c1-5-6-15-35-26-27-38-18-9-12-21-43(38)48(34(35)4,46-24-13-22-44(49-46)41-30-28-36-16-7-10-19-39(36)32(41)2)47-25-14-23-45(50-47)42-31-29-37-17-8-11-20-40(37)33(42)3/h5-31H,1H2,2-4H3/b15-6-. The third-order valence-electron chi connectivity index (χ3n) is 10.4. The van der Waals surface area contributed by atoms with Gasteiger partial charge in [0.25, 0.3) is 0 Å². The Morgan fingerprint density at radius 1 is 0.540 bits per heavy atom. The van der Waals surface area contributed by atoms with Crippen LogP contribution < -0.4 is 0 Å². The molecule has 0 aliphatic heterocycles. The van der Waals surface area contributed by atoms with E-state index in [1.165, 1.54) is 32.7 Å². The Bertz CT molecular complexity index is 2420. The van der Waals surface area contributed by atoms with Crippen molar-refractivity contribution in [2.75, 3.05) is 0 Å². The molecule has 2 heterocycles. The summed E-state index contributed by atoms with van der Waals surface area (Å²) < 4.78 is 0. The highest BCUT2D eigenvalue weighted by atomic mass is 14.8. The van der Waals surface area contributed by atoms with Crippen LogP contribution in [0.2, 0.25) is 0 Å². The van der Waals surface area contributed by atoms with Crippen LogP contribution in [0.4, 0.5) is 0 Å². The van der Waals surface area contributed by atoms with Gasteiger partial charge in [0.2, 0.25) is 0 Å². The molecule has 0 bridgehead atoms. The largest absolute Gasteiger partial charge is 0.251 e. The number of pyridine rings is 2. The summed E-state index contributed by atoms with van der Waals surface area (Å²) >= 11 is 0. The number of aryl methyl sites for hydroxylation is 2. The Kier molecular flexibility index (Phi) is 7.93. The fourth-order valence-electron chi connectivity index (χ4n) is 7.85. The Labute approximate surface area is 294 Å². The molecule has 1 aliphatic carbocycles. The molecule has 0 saturated heterocycles. The lowest BCUT2D eigenvalue weighted by atomic mass is 9.67. The molecule has 0 spiro atoms. The van der Waals surface area contributed by atoms with E-state index in [1.54, 1.807) is 0 Å². The molecule has 2 nitrogen and oxygen atoms in total. The van der Waals surface area contributed by atoms with E-state index in [2.05, 4.69) is 179 Å². The van der Waals surface area contributed by atoms with Gasteiger partial charge in [-0.05, 0) is 100.0 Å². The van der Waals surface area contributed by atoms with Gasteiger partial charge in [0.1, 0.15) is 5.41 Å². The average molecular weight is 643 g/mol. The van der Waals surface area contributed by atoms with Crippen molar-refractivity contribution < 1.29 is 0 Å². The zero-order valence-corrected chi connectivity index (χ0v) is 28.7. The molecule has 1 aliphatic rings. The molecule has 5 aromatic carbocycles. The van der Waals surface area contributed by atoms with Crippen molar-refractivity contribution in [1.29, 1.82) is 0 Å². The third kappa shape index (κ3) is 5.04. The van der Waals surface area contributed by atoms with Crippen molar-refractivity contribution in [2.24, 2.45) is 0 Å². The molecule has 0 radical (unpaired) electrons. The second-order valence-corrected chi connectivity index (χ2v) is 13.1. The summed E-state index contributed by atoms with van der Waals surface area (Å²) in [6.45, 7) is 10.6. The number of hydrogen-bond donors (Lipinski definition) is 0. The number of benzene rings is 5. The van der Waals surface area contributed by atoms with Gasteiger partial charge in [-0.25, -0.2) is 0 Å². The van der Waals surface area contributed by atoms with Crippen LogP contribution in [-0.2, 0) is 5.41 Å². The Morgan fingerprint density at radius 2 is 1.08 bits per heavy atom. The van der Waals surface area contributed by atoms with Gasteiger partial charge in [0, 0.05) is 11.1 Å². The molecular weight excluding hydrogens is 605 g/mol. The first-order valence-corrected chi connectivity index (χ1v) is 17.2. The molecule has 0 atom stereocenters. The first kappa shape index (κ1) is 31.2. The maximum absolute atomic E-state index is 5.60. The van der Waals surface area contributed by atoms with Crippen LogP contribution in [0.5, 0.6) is 0 Å². The van der Waals surface area contributed by atoms with Gasteiger partial charge in [-0.3, -0.25) is 9.97 Å². The van der Waals surface area contributed by atoms with E-state index in [0.717, 1.165) is 56.2 Å². The minimum atomic E-state index is -0.803. The summed E-state index contributed by atoms with van der Waals surface area (Å²) in [5.74, 6) is 0. The number of fused-ring (bicyclic) bond motifs is 3. The van der Waals surface area contributed by atoms with Crippen LogP contribution in [0.25, 0.3) is 50.1 Å². The highest BCUT2D eigenvalue weighted by Gasteiger charge is 2.44. The van der Waals surface area contributed by atoms with E-state index in [9.17, 15) is 0 Å². The fourth-order valence-corrected chi connectivity index (χ4v) is 7.85. The van der Waals surface area contributed by atoms with Gasteiger partial charge < -0.3 is 0 Å². The molecule has 0 N–H and O–H groups in total. The summed E-state index contributed by atoms with van der Waals surface area (Å²) in [7, 11) is 0. The maximum atomic E-state index is 5.60. The van der Waals surface area contributed by atoms with Crippen LogP contribution in [0.3, 0.4) is 0 Å². The third-order valence-corrected chi connectivity index (χ3v) is 10.4. The minimum absolute atomic E-state index is 0.803. The molecule has 0 fully saturated rings. The van der Waals surface area contributed by atoms with Crippen molar-refractivity contribution in [3.63, 3.8) is 0 Å².